The van der Waals surface area contributed by atoms with Gasteiger partial charge in [0.05, 0.1) is 0 Å². The Kier molecular flexibility index (Phi) is 12.6. The summed E-state index contributed by atoms with van der Waals surface area (Å²) in [7, 11) is 0. The molecular weight excluding hydrogens is 236 g/mol. The predicted octanol–water partition coefficient (Wildman–Crippen LogP) is 6.64. The molecule has 110 valence electrons. The Morgan fingerprint density at radius 1 is 0.667 bits per heavy atom. The van der Waals surface area contributed by atoms with Crippen molar-refractivity contribution in [1.82, 2.24) is 0 Å². The van der Waals surface area contributed by atoms with Crippen LogP contribution in [0, 0.1) is 5.41 Å². The van der Waals surface area contributed by atoms with E-state index in [-0.39, 0.29) is 0 Å². The number of thiol groups is 1. The van der Waals surface area contributed by atoms with Gasteiger partial charge in [0.25, 0.3) is 0 Å². The van der Waals surface area contributed by atoms with E-state index in [4.69, 9.17) is 0 Å². The first-order valence-electron chi connectivity index (χ1n) is 8.29. The molecule has 1 heteroatoms. The minimum atomic E-state index is 0.601. The van der Waals surface area contributed by atoms with Gasteiger partial charge in [-0.05, 0) is 36.9 Å². The van der Waals surface area contributed by atoms with Gasteiger partial charge in [-0.25, -0.2) is 0 Å². The second-order valence-corrected chi connectivity index (χ2v) is 6.71. The summed E-state index contributed by atoms with van der Waals surface area (Å²) in [6, 6.07) is 0. The quantitative estimate of drug-likeness (QED) is 0.282. The third-order valence-electron chi connectivity index (χ3n) is 4.21. The summed E-state index contributed by atoms with van der Waals surface area (Å²) in [5.74, 6) is 1.05. The maximum absolute atomic E-state index is 4.38. The van der Waals surface area contributed by atoms with Crippen LogP contribution in [-0.2, 0) is 0 Å². The average molecular weight is 273 g/mol. The third-order valence-corrected chi connectivity index (χ3v) is 4.52. The van der Waals surface area contributed by atoms with Crippen LogP contribution >= 0.6 is 12.6 Å². The van der Waals surface area contributed by atoms with E-state index in [1.54, 1.807) is 0 Å². The van der Waals surface area contributed by atoms with Crippen LogP contribution in [0.4, 0.5) is 0 Å². The molecule has 1 unspecified atom stereocenters. The Bertz CT molecular complexity index is 167. The highest BCUT2D eigenvalue weighted by Gasteiger charge is 2.22. The fraction of sp³-hybridized carbons (Fsp3) is 1.00. The lowest BCUT2D eigenvalue weighted by Gasteiger charge is -2.30. The lowest BCUT2D eigenvalue weighted by atomic mass is 9.76. The smallest absolute Gasteiger partial charge is 0.00977 e. The molecule has 0 aromatic carbocycles. The molecule has 0 aromatic rings. The molecule has 18 heavy (non-hydrogen) atoms. The van der Waals surface area contributed by atoms with Crippen molar-refractivity contribution in [3.05, 3.63) is 0 Å². The van der Waals surface area contributed by atoms with E-state index in [1.165, 1.54) is 77.0 Å². The van der Waals surface area contributed by atoms with Gasteiger partial charge in [0, 0.05) is 0 Å². The van der Waals surface area contributed by atoms with E-state index in [2.05, 4.69) is 33.4 Å². The van der Waals surface area contributed by atoms with Gasteiger partial charge in [-0.15, -0.1) is 0 Å². The highest BCUT2D eigenvalue weighted by Crippen LogP contribution is 2.36. The van der Waals surface area contributed by atoms with Crippen LogP contribution in [0.1, 0.15) is 97.8 Å². The molecule has 0 amide bonds. The molecule has 0 saturated carbocycles. The Morgan fingerprint density at radius 3 is 1.67 bits per heavy atom. The van der Waals surface area contributed by atoms with Crippen LogP contribution in [0.2, 0.25) is 0 Å². The second-order valence-electron chi connectivity index (χ2n) is 6.26. The van der Waals surface area contributed by atoms with Crippen molar-refractivity contribution >= 4 is 12.6 Å². The molecule has 0 fully saturated rings. The van der Waals surface area contributed by atoms with E-state index < -0.39 is 0 Å². The third kappa shape index (κ3) is 10.3. The Hall–Kier alpha value is 0.350. The van der Waals surface area contributed by atoms with Crippen molar-refractivity contribution in [3.8, 4) is 0 Å². The van der Waals surface area contributed by atoms with Crippen molar-refractivity contribution in [2.45, 2.75) is 97.8 Å². The molecule has 0 nitrogen and oxygen atoms in total. The number of hydrogen-bond donors (Lipinski definition) is 1. The van der Waals surface area contributed by atoms with E-state index in [0.717, 1.165) is 5.75 Å². The lowest BCUT2D eigenvalue weighted by molar-refractivity contribution is 0.230. The maximum atomic E-state index is 4.38. The SMILES string of the molecule is CCCCCCCC(C)(CCCS)CCCCC. The number of rotatable bonds is 13. The predicted molar refractivity (Wildman–Crippen MR) is 88.7 cm³/mol. The topological polar surface area (TPSA) is 0 Å². The summed E-state index contributed by atoms with van der Waals surface area (Å²) in [4.78, 5) is 0. The molecule has 0 N–H and O–H groups in total. The minimum Gasteiger partial charge on any atom is -0.179 e. The highest BCUT2D eigenvalue weighted by atomic mass is 32.1. The first kappa shape index (κ1) is 18.4. The summed E-state index contributed by atoms with van der Waals surface area (Å²) < 4.78 is 0. The second kappa shape index (κ2) is 12.4. The summed E-state index contributed by atoms with van der Waals surface area (Å²) in [5.41, 5.74) is 0.601. The molecule has 0 rings (SSSR count). The van der Waals surface area contributed by atoms with E-state index >= 15 is 0 Å². The standard InChI is InChI=1S/C17H36S/c1-4-6-8-9-11-14-17(3,15-12-16-18)13-10-7-5-2/h18H,4-16H2,1-3H3. The van der Waals surface area contributed by atoms with Crippen molar-refractivity contribution in [3.63, 3.8) is 0 Å². The summed E-state index contributed by atoms with van der Waals surface area (Å²) in [6.07, 6.45) is 16.8. The largest absolute Gasteiger partial charge is 0.179 e. The Morgan fingerprint density at radius 2 is 1.11 bits per heavy atom. The first-order valence-corrected chi connectivity index (χ1v) is 8.92. The molecule has 0 spiro atoms. The molecule has 0 aliphatic carbocycles. The van der Waals surface area contributed by atoms with Crippen LogP contribution in [-0.4, -0.2) is 5.75 Å². The number of hydrogen-bond acceptors (Lipinski definition) is 1. The molecular formula is C17H36S. The van der Waals surface area contributed by atoms with Crippen LogP contribution in [0.15, 0.2) is 0 Å². The zero-order chi connectivity index (χ0) is 13.7. The van der Waals surface area contributed by atoms with Gasteiger partial charge < -0.3 is 0 Å². The van der Waals surface area contributed by atoms with Crippen LogP contribution in [0.5, 0.6) is 0 Å². The van der Waals surface area contributed by atoms with Gasteiger partial charge in [0.2, 0.25) is 0 Å². The molecule has 0 aliphatic rings. The van der Waals surface area contributed by atoms with Crippen LogP contribution in [0.25, 0.3) is 0 Å². The highest BCUT2D eigenvalue weighted by molar-refractivity contribution is 7.80. The lowest BCUT2D eigenvalue weighted by Crippen LogP contribution is -2.17. The van der Waals surface area contributed by atoms with Crippen molar-refractivity contribution in [2.24, 2.45) is 5.41 Å². The summed E-state index contributed by atoms with van der Waals surface area (Å²) in [5, 5.41) is 0. The van der Waals surface area contributed by atoms with E-state index in [1.807, 2.05) is 0 Å². The van der Waals surface area contributed by atoms with Crippen molar-refractivity contribution in [1.29, 1.82) is 0 Å². The summed E-state index contributed by atoms with van der Waals surface area (Å²) in [6.45, 7) is 7.11. The first-order chi connectivity index (χ1) is 8.68. The Balaban J connectivity index is 3.87. The van der Waals surface area contributed by atoms with E-state index in [9.17, 15) is 0 Å². The van der Waals surface area contributed by atoms with Gasteiger partial charge in [0.15, 0.2) is 0 Å². The normalized spacial score (nSPS) is 14.7. The zero-order valence-corrected chi connectivity index (χ0v) is 14.0. The Labute approximate surface area is 122 Å². The molecule has 0 bridgehead atoms. The molecule has 0 saturated heterocycles. The van der Waals surface area contributed by atoms with Gasteiger partial charge in [0.1, 0.15) is 0 Å². The van der Waals surface area contributed by atoms with Gasteiger partial charge >= 0.3 is 0 Å². The summed E-state index contributed by atoms with van der Waals surface area (Å²) >= 11 is 4.38. The van der Waals surface area contributed by atoms with E-state index in [0.29, 0.717) is 5.41 Å². The van der Waals surface area contributed by atoms with Crippen LogP contribution < -0.4 is 0 Å². The minimum absolute atomic E-state index is 0.601. The van der Waals surface area contributed by atoms with Gasteiger partial charge in [-0.2, -0.15) is 12.6 Å². The average Bonchev–Trinajstić information content (AvgIpc) is 2.37. The fourth-order valence-electron chi connectivity index (χ4n) is 2.84. The molecule has 0 aliphatic heterocycles. The van der Waals surface area contributed by atoms with Gasteiger partial charge in [-0.3, -0.25) is 0 Å². The van der Waals surface area contributed by atoms with Crippen molar-refractivity contribution < 1.29 is 0 Å². The zero-order valence-electron chi connectivity index (χ0n) is 13.1. The van der Waals surface area contributed by atoms with Gasteiger partial charge in [-0.1, -0.05) is 72.1 Å². The molecule has 1 atom stereocenters. The maximum Gasteiger partial charge on any atom is -0.00977 e. The molecule has 0 aromatic heterocycles. The molecule has 0 heterocycles. The number of unbranched alkanes of at least 4 members (excludes halogenated alkanes) is 6. The molecule has 0 radical (unpaired) electrons. The monoisotopic (exact) mass is 272 g/mol. The van der Waals surface area contributed by atoms with Crippen molar-refractivity contribution in [2.75, 3.05) is 5.75 Å². The fourth-order valence-corrected chi connectivity index (χ4v) is 3.00. The van der Waals surface area contributed by atoms with Crippen LogP contribution in [0.3, 0.4) is 0 Å².